The fraction of sp³-hybridized carbons (Fsp3) is 0.364. The van der Waals surface area contributed by atoms with Crippen LogP contribution < -0.4 is 9.47 Å². The van der Waals surface area contributed by atoms with Crippen LogP contribution in [0.4, 0.5) is 0 Å². The van der Waals surface area contributed by atoms with Crippen LogP contribution >= 0.6 is 0 Å². The van der Waals surface area contributed by atoms with Crippen molar-refractivity contribution in [3.8, 4) is 11.5 Å². The summed E-state index contributed by atoms with van der Waals surface area (Å²) in [6.45, 7) is 3.96. The van der Waals surface area contributed by atoms with Crippen molar-refractivity contribution >= 4 is 11.9 Å². The number of ether oxygens (including phenoxy) is 4. The number of esters is 2. The summed E-state index contributed by atoms with van der Waals surface area (Å²) in [6.07, 6.45) is 0.475. The first kappa shape index (κ1) is 19.7. The van der Waals surface area contributed by atoms with Gasteiger partial charge in [-0.3, -0.25) is 9.59 Å². The Morgan fingerprint density at radius 1 is 0.929 bits per heavy atom. The largest absolute Gasteiger partial charge is 0.465 e. The lowest BCUT2D eigenvalue weighted by Gasteiger charge is -2.25. The minimum absolute atomic E-state index is 0.154. The SMILES string of the molecule is CCOC(=O)C(C(=O)OCC)C(Cc1ccccc1)c1ccc2c(c1)OCO2. The van der Waals surface area contributed by atoms with Gasteiger partial charge in [-0.25, -0.2) is 0 Å². The van der Waals surface area contributed by atoms with Crippen LogP contribution in [0, 0.1) is 5.92 Å². The number of rotatable bonds is 8. The molecule has 148 valence electrons. The van der Waals surface area contributed by atoms with Gasteiger partial charge >= 0.3 is 11.9 Å². The number of carbonyl (C=O) groups is 2. The Bertz CT molecular complexity index is 799. The third-order valence-electron chi connectivity index (χ3n) is 4.61. The summed E-state index contributed by atoms with van der Waals surface area (Å²) >= 11 is 0. The second kappa shape index (κ2) is 9.26. The molecular weight excluding hydrogens is 360 g/mol. The zero-order valence-corrected chi connectivity index (χ0v) is 16.1. The molecule has 6 nitrogen and oxygen atoms in total. The fourth-order valence-corrected chi connectivity index (χ4v) is 3.33. The molecule has 0 amide bonds. The zero-order chi connectivity index (χ0) is 19.9. The molecule has 0 fully saturated rings. The Morgan fingerprint density at radius 2 is 1.57 bits per heavy atom. The molecule has 0 spiro atoms. The van der Waals surface area contributed by atoms with E-state index in [1.807, 2.05) is 42.5 Å². The average molecular weight is 384 g/mol. The van der Waals surface area contributed by atoms with Crippen molar-refractivity contribution in [2.24, 2.45) is 5.92 Å². The number of benzene rings is 2. The van der Waals surface area contributed by atoms with E-state index >= 15 is 0 Å². The maximum atomic E-state index is 12.7. The van der Waals surface area contributed by atoms with Crippen LogP contribution in [0.2, 0.25) is 0 Å². The molecule has 0 saturated carbocycles. The van der Waals surface area contributed by atoms with E-state index in [2.05, 4.69) is 0 Å². The smallest absolute Gasteiger partial charge is 0.320 e. The molecule has 6 heteroatoms. The third kappa shape index (κ3) is 4.44. The van der Waals surface area contributed by atoms with Crippen LogP contribution in [0.25, 0.3) is 0 Å². The van der Waals surface area contributed by atoms with E-state index in [1.54, 1.807) is 19.9 Å². The van der Waals surface area contributed by atoms with Crippen molar-refractivity contribution in [3.05, 3.63) is 59.7 Å². The molecule has 0 aliphatic carbocycles. The first-order chi connectivity index (χ1) is 13.6. The predicted octanol–water partition coefficient (Wildman–Crippen LogP) is 3.48. The quantitative estimate of drug-likeness (QED) is 0.513. The van der Waals surface area contributed by atoms with Crippen molar-refractivity contribution in [2.75, 3.05) is 20.0 Å². The van der Waals surface area contributed by atoms with E-state index in [4.69, 9.17) is 18.9 Å². The van der Waals surface area contributed by atoms with E-state index in [0.29, 0.717) is 17.9 Å². The fourth-order valence-electron chi connectivity index (χ4n) is 3.33. The summed E-state index contributed by atoms with van der Waals surface area (Å²) < 4.78 is 21.3. The van der Waals surface area contributed by atoms with Crippen molar-refractivity contribution < 1.29 is 28.5 Å². The Kier molecular flexibility index (Phi) is 6.53. The van der Waals surface area contributed by atoms with Crippen LogP contribution in [-0.4, -0.2) is 31.9 Å². The minimum Gasteiger partial charge on any atom is -0.465 e. The topological polar surface area (TPSA) is 71.1 Å². The van der Waals surface area contributed by atoms with Gasteiger partial charge in [-0.05, 0) is 43.5 Å². The summed E-state index contributed by atoms with van der Waals surface area (Å²) in [4.78, 5) is 25.4. The summed E-state index contributed by atoms with van der Waals surface area (Å²) in [5, 5.41) is 0. The van der Waals surface area contributed by atoms with E-state index in [1.165, 1.54) is 0 Å². The Morgan fingerprint density at radius 3 is 2.21 bits per heavy atom. The highest BCUT2D eigenvalue weighted by atomic mass is 16.7. The van der Waals surface area contributed by atoms with E-state index in [9.17, 15) is 9.59 Å². The van der Waals surface area contributed by atoms with Gasteiger partial charge in [0.2, 0.25) is 6.79 Å². The molecule has 0 bridgehead atoms. The highest BCUT2D eigenvalue weighted by Crippen LogP contribution is 2.38. The van der Waals surface area contributed by atoms with Gasteiger partial charge in [-0.15, -0.1) is 0 Å². The molecule has 1 unspecified atom stereocenters. The van der Waals surface area contributed by atoms with Gasteiger partial charge in [0.1, 0.15) is 0 Å². The van der Waals surface area contributed by atoms with Crippen molar-refractivity contribution in [1.29, 1.82) is 0 Å². The maximum absolute atomic E-state index is 12.7. The maximum Gasteiger partial charge on any atom is 0.320 e. The van der Waals surface area contributed by atoms with E-state index in [-0.39, 0.29) is 20.0 Å². The number of hydrogen-bond acceptors (Lipinski definition) is 6. The monoisotopic (exact) mass is 384 g/mol. The molecule has 1 heterocycles. The molecule has 1 atom stereocenters. The summed E-state index contributed by atoms with van der Waals surface area (Å²) in [7, 11) is 0. The van der Waals surface area contributed by atoms with Crippen LogP contribution in [0.5, 0.6) is 11.5 Å². The van der Waals surface area contributed by atoms with Gasteiger partial charge in [0.15, 0.2) is 17.4 Å². The van der Waals surface area contributed by atoms with Crippen LogP contribution in [0.3, 0.4) is 0 Å². The first-order valence-corrected chi connectivity index (χ1v) is 9.40. The van der Waals surface area contributed by atoms with Crippen molar-refractivity contribution in [3.63, 3.8) is 0 Å². The second-order valence-corrected chi connectivity index (χ2v) is 6.39. The molecular formula is C22H24O6. The molecule has 0 N–H and O–H groups in total. The molecule has 0 radical (unpaired) electrons. The lowest BCUT2D eigenvalue weighted by molar-refractivity contribution is -0.162. The van der Waals surface area contributed by atoms with Gasteiger partial charge < -0.3 is 18.9 Å². The lowest BCUT2D eigenvalue weighted by atomic mass is 9.81. The number of hydrogen-bond donors (Lipinski definition) is 0. The zero-order valence-electron chi connectivity index (χ0n) is 16.1. The molecule has 1 aliphatic heterocycles. The summed E-state index contributed by atoms with van der Waals surface area (Å²) in [6, 6.07) is 15.2. The first-order valence-electron chi connectivity index (χ1n) is 9.40. The molecule has 1 aliphatic rings. The summed E-state index contributed by atoms with van der Waals surface area (Å²) in [5.41, 5.74) is 1.79. The standard InChI is InChI=1S/C22H24O6/c1-3-25-21(23)20(22(24)26-4-2)17(12-15-8-6-5-7-9-15)16-10-11-18-19(13-16)28-14-27-18/h5-11,13,17,20H,3-4,12,14H2,1-2H3. The molecule has 2 aromatic carbocycles. The highest BCUT2D eigenvalue weighted by molar-refractivity contribution is 5.96. The highest BCUT2D eigenvalue weighted by Gasteiger charge is 2.39. The molecule has 2 aromatic rings. The van der Waals surface area contributed by atoms with Crippen molar-refractivity contribution in [1.82, 2.24) is 0 Å². The van der Waals surface area contributed by atoms with Crippen molar-refractivity contribution in [2.45, 2.75) is 26.2 Å². The van der Waals surface area contributed by atoms with Gasteiger partial charge in [-0.1, -0.05) is 36.4 Å². The van der Waals surface area contributed by atoms with E-state index in [0.717, 1.165) is 11.1 Å². The van der Waals surface area contributed by atoms with Crippen LogP contribution in [0.1, 0.15) is 30.9 Å². The summed E-state index contributed by atoms with van der Waals surface area (Å²) in [5.74, 6) is -1.46. The predicted molar refractivity (Wildman–Crippen MR) is 102 cm³/mol. The number of fused-ring (bicyclic) bond motifs is 1. The minimum atomic E-state index is -1.07. The Balaban J connectivity index is 2.01. The van der Waals surface area contributed by atoms with E-state index < -0.39 is 23.8 Å². The average Bonchev–Trinajstić information content (AvgIpc) is 3.16. The van der Waals surface area contributed by atoms with Crippen LogP contribution in [-0.2, 0) is 25.5 Å². The molecule has 0 saturated heterocycles. The number of carbonyl (C=O) groups excluding carboxylic acids is 2. The molecule has 28 heavy (non-hydrogen) atoms. The Hall–Kier alpha value is -3.02. The van der Waals surface area contributed by atoms with Gasteiger partial charge in [0.25, 0.3) is 0 Å². The van der Waals surface area contributed by atoms with Gasteiger partial charge in [0, 0.05) is 5.92 Å². The van der Waals surface area contributed by atoms with Gasteiger partial charge in [0.05, 0.1) is 13.2 Å². The third-order valence-corrected chi connectivity index (χ3v) is 4.61. The second-order valence-electron chi connectivity index (χ2n) is 6.39. The lowest BCUT2D eigenvalue weighted by Crippen LogP contribution is -2.34. The van der Waals surface area contributed by atoms with Gasteiger partial charge in [-0.2, -0.15) is 0 Å². The Labute approximate surface area is 164 Å². The van der Waals surface area contributed by atoms with Crippen LogP contribution in [0.15, 0.2) is 48.5 Å². The normalized spacial score (nSPS) is 13.2. The molecule has 3 rings (SSSR count). The molecule has 0 aromatic heterocycles.